The number of hydrogen-bond acceptors (Lipinski definition) is 10. The molecule has 0 bridgehead atoms. The summed E-state index contributed by atoms with van der Waals surface area (Å²) in [7, 11) is 0. The Morgan fingerprint density at radius 2 is 1.61 bits per heavy atom. The highest BCUT2D eigenvalue weighted by atomic mass is 16.4. The number of primary amides is 1. The highest BCUT2D eigenvalue weighted by molar-refractivity contribution is 5.95. The third-order valence-electron chi connectivity index (χ3n) is 7.09. The van der Waals surface area contributed by atoms with Gasteiger partial charge < -0.3 is 59.7 Å². The number of rotatable bonds is 20. The topological polar surface area (TPSA) is 325 Å². The van der Waals surface area contributed by atoms with E-state index in [0.717, 1.165) is 0 Å². The number of carbonyl (C=O) groups is 6. The van der Waals surface area contributed by atoms with E-state index in [1.165, 1.54) is 11.8 Å². The summed E-state index contributed by atoms with van der Waals surface area (Å²) >= 11 is 0. The fourth-order valence-electron chi connectivity index (χ4n) is 4.62. The highest BCUT2D eigenvalue weighted by Gasteiger charge is 2.39. The number of amides is 5. The normalized spacial score (nSPS) is 17.8. The Balaban J connectivity index is 3.01. The van der Waals surface area contributed by atoms with Crippen LogP contribution in [0.25, 0.3) is 0 Å². The van der Waals surface area contributed by atoms with Crippen LogP contribution in [0.15, 0.2) is 4.99 Å². The summed E-state index contributed by atoms with van der Waals surface area (Å²) in [5.41, 5.74) is 26.8. The molecule has 1 saturated heterocycles. The minimum atomic E-state index is -1.44. The molecule has 5 amide bonds. The van der Waals surface area contributed by atoms with Crippen molar-refractivity contribution in [1.29, 1.82) is 0 Å². The standard InChI is InChI=1S/C26H48N10O8/c1-14(37)20(35-19(38)10-9-15(28)21(29)39)23(41)33-16(6-2-3-11-27)24(42)36-13-5-8-18(36)22(40)34-17(25(43)44)7-4-12-32-26(30)31/h14-18,20,37H,2-13,27-28H2,1H3,(H2,29,39)(H,33,41)(H,34,40)(H,35,38)(H,43,44)(H4,30,31,32)/t14-,15+,16+,17+,18+,20+/m1/s1. The second kappa shape index (κ2) is 19.3. The van der Waals surface area contributed by atoms with E-state index in [2.05, 4.69) is 20.9 Å². The summed E-state index contributed by atoms with van der Waals surface area (Å²) in [5, 5.41) is 27.2. The number of nitrogens with one attached hydrogen (secondary N) is 3. The van der Waals surface area contributed by atoms with Crippen LogP contribution in [0.1, 0.15) is 64.7 Å². The van der Waals surface area contributed by atoms with Gasteiger partial charge in [0.15, 0.2) is 5.96 Å². The van der Waals surface area contributed by atoms with Gasteiger partial charge in [0.25, 0.3) is 0 Å². The largest absolute Gasteiger partial charge is 0.480 e. The molecule has 1 aliphatic heterocycles. The van der Waals surface area contributed by atoms with Gasteiger partial charge in [-0.2, -0.15) is 0 Å². The van der Waals surface area contributed by atoms with Crippen LogP contribution in [0.2, 0.25) is 0 Å². The van der Waals surface area contributed by atoms with E-state index in [-0.39, 0.29) is 57.6 Å². The highest BCUT2D eigenvalue weighted by Crippen LogP contribution is 2.20. The third-order valence-corrected chi connectivity index (χ3v) is 7.09. The molecule has 0 aromatic rings. The van der Waals surface area contributed by atoms with Gasteiger partial charge in [0.2, 0.25) is 29.5 Å². The smallest absolute Gasteiger partial charge is 0.326 e. The number of unbranched alkanes of at least 4 members (excludes halogenated alkanes) is 1. The minimum Gasteiger partial charge on any atom is -0.480 e. The summed E-state index contributed by atoms with van der Waals surface area (Å²) in [6, 6.07) is -5.84. The number of aliphatic carboxylic acids is 1. The first-order valence-electron chi connectivity index (χ1n) is 14.6. The number of carbonyl (C=O) groups excluding carboxylic acids is 5. The van der Waals surface area contributed by atoms with Gasteiger partial charge >= 0.3 is 5.97 Å². The predicted molar refractivity (Wildman–Crippen MR) is 159 cm³/mol. The second-order valence-electron chi connectivity index (χ2n) is 10.7. The van der Waals surface area contributed by atoms with E-state index in [1.807, 2.05) is 0 Å². The van der Waals surface area contributed by atoms with E-state index >= 15 is 0 Å². The predicted octanol–water partition coefficient (Wildman–Crippen LogP) is -4.33. The van der Waals surface area contributed by atoms with Crippen LogP contribution in [0.4, 0.5) is 0 Å². The number of nitrogens with zero attached hydrogens (tertiary/aromatic N) is 2. The molecule has 18 nitrogen and oxygen atoms in total. The number of carboxylic acids is 1. The van der Waals surface area contributed by atoms with Crippen molar-refractivity contribution in [2.45, 2.75) is 101 Å². The number of guanidine groups is 1. The SMILES string of the molecule is C[C@@H](O)[C@H](NC(=O)CC[C@H](N)C(N)=O)C(=O)N[C@@H](CCCCN)C(=O)N1CCC[C@H]1C(=O)N[C@@H](CCCN=C(N)N)C(=O)O. The lowest BCUT2D eigenvalue weighted by atomic mass is 10.0. The fourth-order valence-corrected chi connectivity index (χ4v) is 4.62. The van der Waals surface area contributed by atoms with Crippen molar-refractivity contribution >= 4 is 41.5 Å². The van der Waals surface area contributed by atoms with Crippen molar-refractivity contribution < 1.29 is 39.0 Å². The number of aliphatic imine (C=N–C) groups is 1. The van der Waals surface area contributed by atoms with E-state index in [1.54, 1.807) is 0 Å². The second-order valence-corrected chi connectivity index (χ2v) is 10.7. The van der Waals surface area contributed by atoms with Gasteiger partial charge in [-0.25, -0.2) is 4.79 Å². The Morgan fingerprint density at radius 3 is 2.18 bits per heavy atom. The Morgan fingerprint density at radius 1 is 0.955 bits per heavy atom. The van der Waals surface area contributed by atoms with Gasteiger partial charge in [0, 0.05) is 19.5 Å². The molecule has 0 spiro atoms. The van der Waals surface area contributed by atoms with E-state index in [4.69, 9.17) is 28.7 Å². The molecule has 18 heteroatoms. The number of hydrogen-bond donors (Lipinski definition) is 10. The van der Waals surface area contributed by atoms with Crippen molar-refractivity contribution in [3.05, 3.63) is 0 Å². The lowest BCUT2D eigenvalue weighted by molar-refractivity contribution is -0.145. The van der Waals surface area contributed by atoms with Crippen LogP contribution < -0.4 is 44.6 Å². The van der Waals surface area contributed by atoms with Crippen molar-refractivity contribution in [2.24, 2.45) is 33.7 Å². The average Bonchev–Trinajstić information content (AvgIpc) is 3.45. The lowest BCUT2D eigenvalue weighted by Gasteiger charge is -2.31. The van der Waals surface area contributed by atoms with E-state index in [9.17, 15) is 39.0 Å². The van der Waals surface area contributed by atoms with Gasteiger partial charge in [0.1, 0.15) is 24.2 Å². The molecule has 44 heavy (non-hydrogen) atoms. The Hall–Kier alpha value is -4.03. The monoisotopic (exact) mass is 628 g/mol. The molecule has 6 atom stereocenters. The van der Waals surface area contributed by atoms with Crippen molar-refractivity contribution in [1.82, 2.24) is 20.9 Å². The van der Waals surface area contributed by atoms with E-state index in [0.29, 0.717) is 25.8 Å². The Labute approximate surface area is 255 Å². The van der Waals surface area contributed by atoms with E-state index < -0.39 is 71.8 Å². The zero-order chi connectivity index (χ0) is 33.4. The first kappa shape index (κ1) is 38.0. The summed E-state index contributed by atoms with van der Waals surface area (Å²) in [6.07, 6.45) is 0.566. The van der Waals surface area contributed by atoms with Crippen LogP contribution in [0.5, 0.6) is 0 Å². The lowest BCUT2D eigenvalue weighted by Crippen LogP contribution is -2.59. The minimum absolute atomic E-state index is 0.0528. The molecule has 250 valence electrons. The number of likely N-dealkylation sites (tertiary alicyclic amines) is 1. The summed E-state index contributed by atoms with van der Waals surface area (Å²) in [5.74, 6) is -4.93. The molecule has 0 saturated carbocycles. The van der Waals surface area contributed by atoms with Crippen LogP contribution in [0, 0.1) is 0 Å². The Kier molecular flexibility index (Phi) is 16.7. The summed E-state index contributed by atoms with van der Waals surface area (Å²) < 4.78 is 0. The molecule has 1 aliphatic rings. The quantitative estimate of drug-likeness (QED) is 0.0347. The maximum absolute atomic E-state index is 13.7. The third kappa shape index (κ3) is 13.1. The molecule has 0 aromatic carbocycles. The van der Waals surface area contributed by atoms with Gasteiger partial charge in [-0.15, -0.1) is 0 Å². The van der Waals surface area contributed by atoms with Crippen LogP contribution >= 0.6 is 0 Å². The van der Waals surface area contributed by atoms with Gasteiger partial charge in [-0.1, -0.05) is 0 Å². The Bertz CT molecular complexity index is 1040. The first-order valence-corrected chi connectivity index (χ1v) is 14.6. The molecule has 0 aliphatic carbocycles. The fraction of sp³-hybridized carbons (Fsp3) is 0.731. The van der Waals surface area contributed by atoms with Crippen LogP contribution in [-0.2, 0) is 28.8 Å². The number of nitrogens with two attached hydrogens (primary N) is 5. The van der Waals surface area contributed by atoms with Gasteiger partial charge in [0.05, 0.1) is 12.1 Å². The van der Waals surface area contributed by atoms with Crippen LogP contribution in [0.3, 0.4) is 0 Å². The summed E-state index contributed by atoms with van der Waals surface area (Å²) in [6.45, 7) is 1.99. The molecular weight excluding hydrogens is 580 g/mol. The number of aliphatic hydroxyl groups excluding tert-OH is 1. The number of carboxylic acid groups (broad SMARTS) is 1. The average molecular weight is 629 g/mol. The molecule has 1 fully saturated rings. The van der Waals surface area contributed by atoms with Gasteiger partial charge in [-0.3, -0.25) is 29.0 Å². The molecule has 1 heterocycles. The molecule has 1 rings (SSSR count). The zero-order valence-electron chi connectivity index (χ0n) is 25.1. The number of aliphatic hydroxyl groups is 1. The van der Waals surface area contributed by atoms with Crippen molar-refractivity contribution in [3.63, 3.8) is 0 Å². The molecular formula is C26H48N10O8. The summed E-state index contributed by atoms with van der Waals surface area (Å²) in [4.78, 5) is 80.4. The molecule has 0 unspecified atom stereocenters. The zero-order valence-corrected chi connectivity index (χ0v) is 25.1. The molecule has 15 N–H and O–H groups in total. The van der Waals surface area contributed by atoms with Gasteiger partial charge in [-0.05, 0) is 64.8 Å². The maximum Gasteiger partial charge on any atom is 0.326 e. The van der Waals surface area contributed by atoms with Crippen LogP contribution in [-0.4, -0.2) is 113 Å². The molecule has 0 radical (unpaired) electrons. The first-order chi connectivity index (χ1) is 20.7. The van der Waals surface area contributed by atoms with Crippen molar-refractivity contribution in [3.8, 4) is 0 Å². The van der Waals surface area contributed by atoms with Crippen molar-refractivity contribution in [2.75, 3.05) is 19.6 Å². The molecule has 0 aromatic heterocycles. The maximum atomic E-state index is 13.7.